The Morgan fingerprint density at radius 1 is 1.69 bits per heavy atom. The van der Waals surface area contributed by atoms with Gasteiger partial charge in [-0.3, -0.25) is 9.79 Å². The van der Waals surface area contributed by atoms with E-state index in [9.17, 15) is 4.79 Å². The third kappa shape index (κ3) is 3.70. The first kappa shape index (κ1) is 13.4. The van der Waals surface area contributed by atoms with Crippen molar-refractivity contribution in [2.45, 2.75) is 26.0 Å². The van der Waals surface area contributed by atoms with Crippen LogP contribution in [0.3, 0.4) is 0 Å². The van der Waals surface area contributed by atoms with Gasteiger partial charge in [0.05, 0.1) is 13.1 Å². The summed E-state index contributed by atoms with van der Waals surface area (Å²) in [5, 5.41) is 4.57. The van der Waals surface area contributed by atoms with Gasteiger partial charge in [-0.05, 0) is 12.8 Å². The number of thioether (sulfide) groups is 1. The van der Waals surface area contributed by atoms with Gasteiger partial charge in [0.25, 0.3) is 0 Å². The average molecular weight is 243 g/mol. The highest BCUT2D eigenvalue weighted by molar-refractivity contribution is 8.14. The number of amidine groups is 1. The maximum Gasteiger partial charge on any atom is 0.241 e. The minimum absolute atomic E-state index is 0.110. The summed E-state index contributed by atoms with van der Waals surface area (Å²) < 4.78 is 0. The molecule has 0 aliphatic carbocycles. The van der Waals surface area contributed by atoms with Crippen molar-refractivity contribution in [3.8, 4) is 0 Å². The second-order valence-corrected chi connectivity index (χ2v) is 5.54. The van der Waals surface area contributed by atoms with E-state index in [2.05, 4.69) is 24.2 Å². The predicted octanol–water partition coefficient (Wildman–Crippen LogP) is 1.18. The van der Waals surface area contributed by atoms with Crippen molar-refractivity contribution in [1.29, 1.82) is 0 Å². The number of carbonyl (C=O) groups excluding carboxylic acids is 1. The Morgan fingerprint density at radius 2 is 2.38 bits per heavy atom. The molecule has 1 aliphatic heterocycles. The topological polar surface area (TPSA) is 44.7 Å². The lowest BCUT2D eigenvalue weighted by Crippen LogP contribution is -2.36. The highest BCUT2D eigenvalue weighted by Crippen LogP contribution is 2.25. The molecule has 0 fully saturated rings. The molecule has 16 heavy (non-hydrogen) atoms. The smallest absolute Gasteiger partial charge is 0.241 e. The lowest BCUT2D eigenvalue weighted by molar-refractivity contribution is -0.128. The van der Waals surface area contributed by atoms with Crippen LogP contribution in [0.15, 0.2) is 4.99 Å². The molecule has 1 unspecified atom stereocenters. The highest BCUT2D eigenvalue weighted by Gasteiger charge is 2.22. The van der Waals surface area contributed by atoms with E-state index in [0.717, 1.165) is 18.3 Å². The van der Waals surface area contributed by atoms with E-state index in [1.54, 1.807) is 16.7 Å². The van der Waals surface area contributed by atoms with Crippen molar-refractivity contribution < 1.29 is 4.79 Å². The van der Waals surface area contributed by atoms with Gasteiger partial charge in [0.15, 0.2) is 5.17 Å². The Hall–Kier alpha value is -0.710. The molecule has 0 bridgehead atoms. The summed E-state index contributed by atoms with van der Waals surface area (Å²) in [5.74, 6) is 0.737. The molecule has 0 aromatic heterocycles. The van der Waals surface area contributed by atoms with E-state index >= 15 is 0 Å². The maximum atomic E-state index is 11.5. The Balaban J connectivity index is 2.28. The predicted molar refractivity (Wildman–Crippen MR) is 69.8 cm³/mol. The van der Waals surface area contributed by atoms with Crippen LogP contribution in [0.25, 0.3) is 0 Å². The van der Waals surface area contributed by atoms with Crippen LogP contribution in [0.2, 0.25) is 0 Å². The Labute approximate surface area is 102 Å². The molecule has 5 heteroatoms. The highest BCUT2D eigenvalue weighted by atomic mass is 32.2. The fraction of sp³-hybridized carbons (Fsp3) is 0.818. The average Bonchev–Trinajstić information content (AvgIpc) is 2.73. The zero-order valence-electron chi connectivity index (χ0n) is 10.5. The number of hydrogen-bond acceptors (Lipinski definition) is 4. The largest absolute Gasteiger partial charge is 0.356 e. The zero-order valence-corrected chi connectivity index (χ0v) is 11.3. The molecule has 4 nitrogen and oxygen atoms in total. The summed E-state index contributed by atoms with van der Waals surface area (Å²) in [6, 6.07) is 0. The molecule has 1 aliphatic rings. The van der Waals surface area contributed by atoms with Gasteiger partial charge < -0.3 is 10.2 Å². The monoisotopic (exact) mass is 243 g/mol. The van der Waals surface area contributed by atoms with Crippen LogP contribution >= 0.6 is 11.8 Å². The van der Waals surface area contributed by atoms with E-state index in [4.69, 9.17) is 0 Å². The molecule has 0 saturated heterocycles. The summed E-state index contributed by atoms with van der Waals surface area (Å²) >= 11 is 1.75. The molecule has 1 heterocycles. The molecule has 1 N–H and O–H groups in total. The summed E-state index contributed by atoms with van der Waals surface area (Å²) in [4.78, 5) is 17.6. The van der Waals surface area contributed by atoms with Gasteiger partial charge in [-0.15, -0.1) is 0 Å². The van der Waals surface area contributed by atoms with E-state index in [-0.39, 0.29) is 5.91 Å². The van der Waals surface area contributed by atoms with Crippen LogP contribution in [0.1, 0.15) is 20.8 Å². The first-order chi connectivity index (χ1) is 7.54. The minimum Gasteiger partial charge on any atom is -0.356 e. The van der Waals surface area contributed by atoms with Crippen molar-refractivity contribution in [2.75, 3.05) is 26.7 Å². The molecular formula is C11H21N3OS. The van der Waals surface area contributed by atoms with Crippen molar-refractivity contribution in [1.82, 2.24) is 10.2 Å². The Morgan fingerprint density at radius 3 is 2.88 bits per heavy atom. The zero-order chi connectivity index (χ0) is 12.1. The molecule has 0 spiro atoms. The fourth-order valence-corrected chi connectivity index (χ4v) is 2.31. The Kier molecular flexibility index (Phi) is 5.12. The lowest BCUT2D eigenvalue weighted by Gasteiger charge is -2.15. The molecule has 0 saturated carbocycles. The van der Waals surface area contributed by atoms with Crippen LogP contribution in [0, 0.1) is 5.92 Å². The molecule has 1 amide bonds. The van der Waals surface area contributed by atoms with Crippen LogP contribution in [0.4, 0.5) is 0 Å². The number of nitrogens with zero attached hydrogens (tertiary/aromatic N) is 2. The normalized spacial score (nSPS) is 19.8. The number of rotatable bonds is 4. The number of aliphatic imine (C=N–C) groups is 1. The molecule has 1 rings (SSSR count). The van der Waals surface area contributed by atoms with E-state index in [0.29, 0.717) is 17.7 Å². The van der Waals surface area contributed by atoms with E-state index in [1.807, 2.05) is 14.0 Å². The van der Waals surface area contributed by atoms with Gasteiger partial charge in [0.1, 0.15) is 0 Å². The van der Waals surface area contributed by atoms with Gasteiger partial charge in [-0.25, -0.2) is 0 Å². The fourth-order valence-electron chi connectivity index (χ4n) is 1.30. The van der Waals surface area contributed by atoms with Crippen molar-refractivity contribution in [2.24, 2.45) is 10.9 Å². The van der Waals surface area contributed by atoms with Gasteiger partial charge in [-0.2, -0.15) is 0 Å². The third-order valence-corrected chi connectivity index (χ3v) is 4.21. The Bertz CT molecular complexity index is 278. The van der Waals surface area contributed by atoms with Crippen molar-refractivity contribution in [3.05, 3.63) is 0 Å². The summed E-state index contributed by atoms with van der Waals surface area (Å²) in [7, 11) is 1.81. The third-order valence-electron chi connectivity index (χ3n) is 2.71. The first-order valence-corrected chi connectivity index (χ1v) is 6.61. The number of amides is 1. The van der Waals surface area contributed by atoms with E-state index < -0.39 is 0 Å². The minimum atomic E-state index is 0.110. The number of likely N-dealkylation sites (N-methyl/N-ethyl adjacent to an activating group) is 1. The second-order valence-electron chi connectivity index (χ2n) is 4.31. The van der Waals surface area contributed by atoms with E-state index in [1.165, 1.54) is 0 Å². The van der Waals surface area contributed by atoms with Crippen molar-refractivity contribution >= 4 is 22.8 Å². The molecular weight excluding hydrogens is 222 g/mol. The molecule has 0 aromatic rings. The van der Waals surface area contributed by atoms with Crippen molar-refractivity contribution in [3.63, 3.8) is 0 Å². The molecule has 1 atom stereocenters. The quantitative estimate of drug-likeness (QED) is 0.806. The lowest BCUT2D eigenvalue weighted by atomic mass is 10.1. The molecule has 0 aromatic carbocycles. The van der Waals surface area contributed by atoms with Crippen LogP contribution < -0.4 is 5.32 Å². The summed E-state index contributed by atoms with van der Waals surface area (Å²) in [5.41, 5.74) is 0. The van der Waals surface area contributed by atoms with Gasteiger partial charge >= 0.3 is 0 Å². The standard InChI is InChI=1S/C11H21N3OS/c1-5-14(4)10(15)7-13-11-12-6-9(16-11)8(2)3/h8-9H,5-7H2,1-4H3,(H,12,13). The summed E-state index contributed by atoms with van der Waals surface area (Å²) in [6.45, 7) is 8.32. The summed E-state index contributed by atoms with van der Waals surface area (Å²) in [6.07, 6.45) is 0. The van der Waals surface area contributed by atoms with Crippen LogP contribution in [0.5, 0.6) is 0 Å². The second kappa shape index (κ2) is 6.13. The van der Waals surface area contributed by atoms with Gasteiger partial charge in [0, 0.05) is 18.8 Å². The van der Waals surface area contributed by atoms with Gasteiger partial charge in [0.2, 0.25) is 5.91 Å². The number of carbonyl (C=O) groups is 1. The first-order valence-electron chi connectivity index (χ1n) is 5.73. The SMILES string of the molecule is CCN(C)C(=O)CNC1=NCC(C(C)C)S1. The number of nitrogens with one attached hydrogen (secondary N) is 1. The molecule has 92 valence electrons. The molecule has 0 radical (unpaired) electrons. The maximum absolute atomic E-state index is 11.5. The number of hydrogen-bond donors (Lipinski definition) is 1. The van der Waals surface area contributed by atoms with Crippen LogP contribution in [-0.2, 0) is 4.79 Å². The van der Waals surface area contributed by atoms with Crippen LogP contribution in [-0.4, -0.2) is 47.9 Å². The van der Waals surface area contributed by atoms with Gasteiger partial charge in [-0.1, -0.05) is 25.6 Å².